The highest BCUT2D eigenvalue weighted by Crippen LogP contribution is 2.33. The first-order chi connectivity index (χ1) is 13.2. The number of anilines is 1. The van der Waals surface area contributed by atoms with Crippen molar-refractivity contribution >= 4 is 11.6 Å². The van der Waals surface area contributed by atoms with Crippen LogP contribution in [-0.2, 0) is 13.0 Å². The topological polar surface area (TPSA) is 48.7 Å². The van der Waals surface area contributed by atoms with Crippen molar-refractivity contribution in [1.29, 1.82) is 0 Å². The van der Waals surface area contributed by atoms with E-state index in [9.17, 15) is 4.79 Å². The van der Waals surface area contributed by atoms with Crippen LogP contribution >= 0.6 is 0 Å². The van der Waals surface area contributed by atoms with E-state index < -0.39 is 0 Å². The molecule has 2 aliphatic heterocycles. The molecule has 2 aliphatic rings. The van der Waals surface area contributed by atoms with Crippen molar-refractivity contribution in [3.05, 3.63) is 53.5 Å². The minimum atomic E-state index is -0.0316. The van der Waals surface area contributed by atoms with E-state index in [1.165, 1.54) is 30.5 Å². The van der Waals surface area contributed by atoms with Gasteiger partial charge in [0, 0.05) is 24.8 Å². The molecule has 1 saturated heterocycles. The van der Waals surface area contributed by atoms with Crippen LogP contribution in [0.2, 0.25) is 0 Å². The van der Waals surface area contributed by atoms with Crippen LogP contribution in [0.3, 0.4) is 0 Å². The minimum Gasteiger partial charge on any atom is -0.467 e. The molecule has 144 valence electrons. The molecular formula is C22H29N3O2. The summed E-state index contributed by atoms with van der Waals surface area (Å²) in [6, 6.07) is 10.7. The van der Waals surface area contributed by atoms with Gasteiger partial charge in [-0.2, -0.15) is 0 Å². The van der Waals surface area contributed by atoms with Gasteiger partial charge < -0.3 is 19.5 Å². The van der Waals surface area contributed by atoms with Crippen molar-refractivity contribution in [3.63, 3.8) is 0 Å². The van der Waals surface area contributed by atoms with E-state index >= 15 is 0 Å². The molecule has 5 heteroatoms. The number of rotatable bonds is 6. The highest BCUT2D eigenvalue weighted by Gasteiger charge is 2.28. The van der Waals surface area contributed by atoms with Gasteiger partial charge in [0.15, 0.2) is 0 Å². The van der Waals surface area contributed by atoms with Gasteiger partial charge >= 0.3 is 0 Å². The highest BCUT2D eigenvalue weighted by atomic mass is 16.3. The van der Waals surface area contributed by atoms with Crippen molar-refractivity contribution in [2.24, 2.45) is 0 Å². The zero-order valence-electron chi connectivity index (χ0n) is 16.1. The Labute approximate surface area is 161 Å². The summed E-state index contributed by atoms with van der Waals surface area (Å²) < 4.78 is 5.69. The number of carbonyl (C=O) groups is 1. The normalized spacial score (nSPS) is 19.9. The third-order valence-corrected chi connectivity index (χ3v) is 5.81. The monoisotopic (exact) mass is 367 g/mol. The lowest BCUT2D eigenvalue weighted by Gasteiger charge is -2.26. The fourth-order valence-corrected chi connectivity index (χ4v) is 4.30. The molecule has 0 spiro atoms. The average Bonchev–Trinajstić information content (AvgIpc) is 3.28. The maximum atomic E-state index is 12.7. The largest absolute Gasteiger partial charge is 0.467 e. The van der Waals surface area contributed by atoms with Crippen LogP contribution in [0.25, 0.3) is 0 Å². The number of furan rings is 1. The summed E-state index contributed by atoms with van der Waals surface area (Å²) in [5, 5.41) is 3.07. The van der Waals surface area contributed by atoms with Crippen LogP contribution in [0.1, 0.15) is 47.9 Å². The van der Waals surface area contributed by atoms with Crippen LogP contribution in [0, 0.1) is 0 Å². The van der Waals surface area contributed by atoms with Crippen molar-refractivity contribution in [3.8, 4) is 0 Å². The number of nitrogens with zero attached hydrogens (tertiary/aromatic N) is 2. The molecule has 1 aromatic carbocycles. The molecule has 1 atom stereocenters. The first-order valence-electron chi connectivity index (χ1n) is 10.1. The number of hydrogen-bond donors (Lipinski definition) is 1. The van der Waals surface area contributed by atoms with Crippen LogP contribution in [0.5, 0.6) is 0 Å². The van der Waals surface area contributed by atoms with E-state index in [1.54, 1.807) is 12.3 Å². The molecule has 0 radical (unpaired) electrons. The maximum Gasteiger partial charge on any atom is 0.254 e. The summed E-state index contributed by atoms with van der Waals surface area (Å²) in [5.74, 6) is 0.713. The molecule has 27 heavy (non-hydrogen) atoms. The molecule has 1 aromatic heterocycles. The van der Waals surface area contributed by atoms with Crippen molar-refractivity contribution in [2.45, 2.75) is 45.2 Å². The Morgan fingerprint density at radius 3 is 2.85 bits per heavy atom. The number of nitrogens with one attached hydrogen (secondary N) is 1. The lowest BCUT2D eigenvalue weighted by molar-refractivity contribution is 0.0944. The molecule has 0 bridgehead atoms. The van der Waals surface area contributed by atoms with Gasteiger partial charge in [-0.1, -0.05) is 24.6 Å². The van der Waals surface area contributed by atoms with Crippen LogP contribution in [-0.4, -0.2) is 43.0 Å². The van der Waals surface area contributed by atoms with Gasteiger partial charge in [0.05, 0.1) is 18.4 Å². The van der Waals surface area contributed by atoms with E-state index in [0.717, 1.165) is 31.8 Å². The lowest BCUT2D eigenvalue weighted by Crippen LogP contribution is -2.38. The maximum absolute atomic E-state index is 12.7. The summed E-state index contributed by atoms with van der Waals surface area (Å²) in [6.45, 7) is 6.77. The van der Waals surface area contributed by atoms with Crippen molar-refractivity contribution in [2.75, 3.05) is 31.1 Å². The Bertz CT molecular complexity index is 779. The Kier molecular flexibility index (Phi) is 5.48. The smallest absolute Gasteiger partial charge is 0.254 e. The second kappa shape index (κ2) is 8.17. The number of benzene rings is 1. The van der Waals surface area contributed by atoms with E-state index in [-0.39, 0.29) is 5.91 Å². The number of amides is 1. The molecule has 1 amide bonds. The SMILES string of the molecule is CC1Cc2ccccc2N1Cc1occc1C(=O)NCCN1CCCCC1. The van der Waals surface area contributed by atoms with E-state index in [1.807, 2.05) is 0 Å². The van der Waals surface area contributed by atoms with Crippen molar-refractivity contribution in [1.82, 2.24) is 10.2 Å². The predicted molar refractivity (Wildman–Crippen MR) is 107 cm³/mol. The number of fused-ring (bicyclic) bond motifs is 1. The third kappa shape index (κ3) is 4.03. The summed E-state index contributed by atoms with van der Waals surface area (Å²) in [4.78, 5) is 17.4. The summed E-state index contributed by atoms with van der Waals surface area (Å²) in [6.07, 6.45) is 6.54. The zero-order chi connectivity index (χ0) is 18.6. The second-order valence-electron chi connectivity index (χ2n) is 7.73. The van der Waals surface area contributed by atoms with Crippen LogP contribution in [0.15, 0.2) is 41.0 Å². The Balaban J connectivity index is 1.37. The summed E-state index contributed by atoms with van der Waals surface area (Å²) >= 11 is 0. The van der Waals surface area contributed by atoms with E-state index in [4.69, 9.17) is 4.42 Å². The first-order valence-corrected chi connectivity index (χ1v) is 10.1. The van der Waals surface area contributed by atoms with Gasteiger partial charge in [-0.05, 0) is 57.0 Å². The van der Waals surface area contributed by atoms with Crippen LogP contribution in [0.4, 0.5) is 5.69 Å². The quantitative estimate of drug-likeness (QED) is 0.850. The molecule has 1 N–H and O–H groups in total. The van der Waals surface area contributed by atoms with Gasteiger partial charge in [-0.3, -0.25) is 4.79 Å². The molecule has 2 aromatic rings. The Morgan fingerprint density at radius 1 is 1.19 bits per heavy atom. The molecule has 1 unspecified atom stereocenters. The van der Waals surface area contributed by atoms with Crippen LogP contribution < -0.4 is 10.2 Å². The number of carbonyl (C=O) groups excluding carboxylic acids is 1. The van der Waals surface area contributed by atoms with Crippen molar-refractivity contribution < 1.29 is 9.21 Å². The fourth-order valence-electron chi connectivity index (χ4n) is 4.30. The molecule has 0 aliphatic carbocycles. The third-order valence-electron chi connectivity index (χ3n) is 5.81. The Hall–Kier alpha value is -2.27. The lowest BCUT2D eigenvalue weighted by atomic mass is 10.1. The summed E-state index contributed by atoms with van der Waals surface area (Å²) in [5.41, 5.74) is 3.27. The molecule has 4 rings (SSSR count). The van der Waals surface area contributed by atoms with Gasteiger partial charge in [0.25, 0.3) is 5.91 Å². The fraction of sp³-hybridized carbons (Fsp3) is 0.500. The molecule has 3 heterocycles. The van der Waals surface area contributed by atoms with Gasteiger partial charge in [-0.15, -0.1) is 0 Å². The number of piperidine rings is 1. The first kappa shape index (κ1) is 18.1. The predicted octanol–water partition coefficient (Wildman–Crippen LogP) is 3.45. The van der Waals surface area contributed by atoms with Gasteiger partial charge in [0.2, 0.25) is 0 Å². The van der Waals surface area contributed by atoms with Gasteiger partial charge in [0.1, 0.15) is 5.76 Å². The number of likely N-dealkylation sites (tertiary alicyclic amines) is 1. The number of hydrogen-bond acceptors (Lipinski definition) is 4. The average molecular weight is 367 g/mol. The molecule has 1 fully saturated rings. The summed E-state index contributed by atoms with van der Waals surface area (Å²) in [7, 11) is 0. The molecule has 0 saturated carbocycles. The Morgan fingerprint density at radius 2 is 2.00 bits per heavy atom. The van der Waals surface area contributed by atoms with E-state index in [0.29, 0.717) is 24.7 Å². The highest BCUT2D eigenvalue weighted by molar-refractivity contribution is 5.95. The molecule has 5 nitrogen and oxygen atoms in total. The van der Waals surface area contributed by atoms with Gasteiger partial charge in [-0.25, -0.2) is 0 Å². The standard InChI is InChI=1S/C22H29N3O2/c1-17-15-18-7-3-4-8-20(18)25(17)16-21-19(9-14-27-21)22(26)23-10-13-24-11-5-2-6-12-24/h3-4,7-9,14,17H,2,5-6,10-13,15-16H2,1H3,(H,23,26). The second-order valence-corrected chi connectivity index (χ2v) is 7.73. The number of para-hydroxylation sites is 1. The zero-order valence-corrected chi connectivity index (χ0v) is 16.1. The van der Waals surface area contributed by atoms with E-state index in [2.05, 4.69) is 46.3 Å². The minimum absolute atomic E-state index is 0.0316. The molecular weight excluding hydrogens is 338 g/mol.